The molecular formula is C13H18N2O4. The van der Waals surface area contributed by atoms with Crippen molar-refractivity contribution in [3.63, 3.8) is 0 Å². The first-order valence-corrected chi connectivity index (χ1v) is 5.88. The number of carboxylic acid groups (broad SMARTS) is 1. The van der Waals surface area contributed by atoms with Gasteiger partial charge in [0.05, 0.1) is 0 Å². The molecule has 0 saturated carbocycles. The second-order valence-corrected chi connectivity index (χ2v) is 4.05. The molecule has 1 rings (SSSR count). The second-order valence-electron chi connectivity index (χ2n) is 4.05. The number of carbonyl (C=O) groups excluding carboxylic acids is 1. The van der Waals surface area contributed by atoms with Crippen LogP contribution in [0.15, 0.2) is 30.3 Å². The SMILES string of the molecule is COC(CN)C(=O)N[C@H](Cc1ccccc1)C(=O)O. The predicted molar refractivity (Wildman–Crippen MR) is 69.6 cm³/mol. The molecule has 1 amide bonds. The number of rotatable bonds is 7. The highest BCUT2D eigenvalue weighted by Crippen LogP contribution is 2.04. The molecule has 0 heterocycles. The number of hydrogen-bond donors (Lipinski definition) is 3. The minimum absolute atomic E-state index is 0.00000929. The van der Waals surface area contributed by atoms with Gasteiger partial charge in [0.1, 0.15) is 12.1 Å². The maximum Gasteiger partial charge on any atom is 0.326 e. The fourth-order valence-electron chi connectivity index (χ4n) is 1.62. The number of nitrogens with one attached hydrogen (secondary N) is 1. The number of benzene rings is 1. The van der Waals surface area contributed by atoms with Crippen LogP contribution >= 0.6 is 0 Å². The Morgan fingerprint density at radius 1 is 1.37 bits per heavy atom. The van der Waals surface area contributed by atoms with Crippen LogP contribution in [0.3, 0.4) is 0 Å². The molecule has 0 saturated heterocycles. The average Bonchev–Trinajstić information content (AvgIpc) is 2.40. The van der Waals surface area contributed by atoms with E-state index in [9.17, 15) is 9.59 Å². The van der Waals surface area contributed by atoms with E-state index in [0.29, 0.717) is 0 Å². The number of amides is 1. The van der Waals surface area contributed by atoms with Crippen molar-refractivity contribution < 1.29 is 19.4 Å². The average molecular weight is 266 g/mol. The highest BCUT2D eigenvalue weighted by atomic mass is 16.5. The molecule has 0 aliphatic carbocycles. The van der Waals surface area contributed by atoms with Crippen LogP contribution in [0.2, 0.25) is 0 Å². The summed E-state index contributed by atoms with van der Waals surface area (Å²) in [7, 11) is 1.35. The Balaban J connectivity index is 2.69. The molecule has 0 spiro atoms. The molecule has 0 aliphatic rings. The zero-order valence-electron chi connectivity index (χ0n) is 10.7. The first-order valence-electron chi connectivity index (χ1n) is 5.88. The van der Waals surface area contributed by atoms with Crippen molar-refractivity contribution in [2.24, 2.45) is 5.73 Å². The Morgan fingerprint density at radius 3 is 2.47 bits per heavy atom. The van der Waals surface area contributed by atoms with Crippen LogP contribution in [0.1, 0.15) is 5.56 Å². The van der Waals surface area contributed by atoms with E-state index in [-0.39, 0.29) is 13.0 Å². The summed E-state index contributed by atoms with van der Waals surface area (Å²) < 4.78 is 4.86. The Morgan fingerprint density at radius 2 is 2.00 bits per heavy atom. The Kier molecular flexibility index (Phi) is 5.98. The fraction of sp³-hybridized carbons (Fsp3) is 0.385. The highest BCUT2D eigenvalue weighted by molar-refractivity contribution is 5.86. The summed E-state index contributed by atoms with van der Waals surface area (Å²) in [6.45, 7) is 0.00000929. The van der Waals surface area contributed by atoms with Gasteiger partial charge in [0, 0.05) is 20.1 Å². The summed E-state index contributed by atoms with van der Waals surface area (Å²) in [5, 5.41) is 11.5. The maximum atomic E-state index is 11.7. The fourth-order valence-corrected chi connectivity index (χ4v) is 1.62. The molecule has 0 fully saturated rings. The van der Waals surface area contributed by atoms with Crippen molar-refractivity contribution in [2.45, 2.75) is 18.6 Å². The zero-order valence-corrected chi connectivity index (χ0v) is 10.7. The van der Waals surface area contributed by atoms with Gasteiger partial charge in [0.15, 0.2) is 0 Å². The third-order valence-electron chi connectivity index (χ3n) is 2.69. The van der Waals surface area contributed by atoms with Gasteiger partial charge < -0.3 is 20.9 Å². The first kappa shape index (κ1) is 15.1. The number of methoxy groups -OCH3 is 1. The number of carboxylic acids is 1. The topological polar surface area (TPSA) is 102 Å². The van der Waals surface area contributed by atoms with Crippen LogP contribution in [0.5, 0.6) is 0 Å². The second kappa shape index (κ2) is 7.50. The molecule has 0 bridgehead atoms. The lowest BCUT2D eigenvalue weighted by atomic mass is 10.1. The summed E-state index contributed by atoms with van der Waals surface area (Å²) in [5.74, 6) is -1.61. The lowest BCUT2D eigenvalue weighted by Gasteiger charge is -2.18. The monoisotopic (exact) mass is 266 g/mol. The molecular weight excluding hydrogens is 248 g/mol. The summed E-state index contributed by atoms with van der Waals surface area (Å²) in [5.41, 5.74) is 6.19. The van der Waals surface area contributed by atoms with Gasteiger partial charge in [-0.25, -0.2) is 4.79 Å². The predicted octanol–water partition coefficient (Wildman–Crippen LogP) is -0.228. The largest absolute Gasteiger partial charge is 0.480 e. The molecule has 1 aromatic rings. The lowest BCUT2D eigenvalue weighted by Crippen LogP contribution is -2.49. The van der Waals surface area contributed by atoms with Crippen LogP contribution in [0.25, 0.3) is 0 Å². The summed E-state index contributed by atoms with van der Waals surface area (Å²) in [4.78, 5) is 22.9. The van der Waals surface area contributed by atoms with E-state index >= 15 is 0 Å². The molecule has 1 unspecified atom stereocenters. The van der Waals surface area contributed by atoms with Gasteiger partial charge in [-0.1, -0.05) is 30.3 Å². The summed E-state index contributed by atoms with van der Waals surface area (Å²) in [6, 6.07) is 8.08. The Labute approximate surface area is 111 Å². The van der Waals surface area contributed by atoms with E-state index in [4.69, 9.17) is 15.6 Å². The third-order valence-corrected chi connectivity index (χ3v) is 2.69. The van der Waals surface area contributed by atoms with Crippen LogP contribution in [0, 0.1) is 0 Å². The third kappa shape index (κ3) is 4.69. The van der Waals surface area contributed by atoms with E-state index < -0.39 is 24.0 Å². The number of nitrogens with two attached hydrogens (primary N) is 1. The van der Waals surface area contributed by atoms with E-state index in [0.717, 1.165) is 5.56 Å². The molecule has 1 aromatic carbocycles. The van der Waals surface area contributed by atoms with Crippen molar-refractivity contribution in [1.82, 2.24) is 5.32 Å². The Bertz CT molecular complexity index is 418. The van der Waals surface area contributed by atoms with Crippen LogP contribution in [-0.2, 0) is 20.7 Å². The van der Waals surface area contributed by atoms with Gasteiger partial charge in [-0.15, -0.1) is 0 Å². The zero-order chi connectivity index (χ0) is 14.3. The van der Waals surface area contributed by atoms with Crippen LogP contribution in [0.4, 0.5) is 0 Å². The van der Waals surface area contributed by atoms with Crippen LogP contribution < -0.4 is 11.1 Å². The number of aliphatic carboxylic acids is 1. The van der Waals surface area contributed by atoms with Gasteiger partial charge in [0.25, 0.3) is 5.91 Å². The van der Waals surface area contributed by atoms with Crippen molar-refractivity contribution in [2.75, 3.05) is 13.7 Å². The molecule has 0 aliphatic heterocycles. The molecule has 2 atom stereocenters. The number of carbonyl (C=O) groups is 2. The maximum absolute atomic E-state index is 11.7. The molecule has 0 radical (unpaired) electrons. The normalized spacial score (nSPS) is 13.6. The van der Waals surface area contributed by atoms with E-state index in [2.05, 4.69) is 5.32 Å². The van der Waals surface area contributed by atoms with Gasteiger partial charge in [0.2, 0.25) is 0 Å². The molecule has 6 nitrogen and oxygen atoms in total. The summed E-state index contributed by atoms with van der Waals surface area (Å²) >= 11 is 0. The van der Waals surface area contributed by atoms with E-state index in [1.807, 2.05) is 18.2 Å². The van der Waals surface area contributed by atoms with E-state index in [1.165, 1.54) is 7.11 Å². The quantitative estimate of drug-likeness (QED) is 0.633. The van der Waals surface area contributed by atoms with Crippen LogP contribution in [-0.4, -0.2) is 42.8 Å². The first-order chi connectivity index (χ1) is 9.08. The molecule has 4 N–H and O–H groups in total. The van der Waals surface area contributed by atoms with Gasteiger partial charge >= 0.3 is 5.97 Å². The minimum Gasteiger partial charge on any atom is -0.480 e. The van der Waals surface area contributed by atoms with E-state index in [1.54, 1.807) is 12.1 Å². The van der Waals surface area contributed by atoms with Gasteiger partial charge in [-0.2, -0.15) is 0 Å². The number of ether oxygens (including phenoxy) is 1. The molecule has 19 heavy (non-hydrogen) atoms. The molecule has 6 heteroatoms. The number of hydrogen-bond acceptors (Lipinski definition) is 4. The summed E-state index contributed by atoms with van der Waals surface area (Å²) in [6.07, 6.45) is -0.624. The minimum atomic E-state index is -1.09. The smallest absolute Gasteiger partial charge is 0.326 e. The van der Waals surface area contributed by atoms with Crippen molar-refractivity contribution in [3.05, 3.63) is 35.9 Å². The van der Waals surface area contributed by atoms with Gasteiger partial charge in [-0.05, 0) is 5.56 Å². The standard InChI is InChI=1S/C13H18N2O4/c1-19-11(8-14)12(16)15-10(13(17)18)7-9-5-3-2-4-6-9/h2-6,10-11H,7-8,14H2,1H3,(H,15,16)(H,17,18)/t10-,11?/m1/s1. The Hall–Kier alpha value is -1.92. The van der Waals surface area contributed by atoms with Crippen molar-refractivity contribution in [3.8, 4) is 0 Å². The molecule has 0 aromatic heterocycles. The lowest BCUT2D eigenvalue weighted by molar-refractivity contribution is -0.143. The van der Waals surface area contributed by atoms with Crippen molar-refractivity contribution >= 4 is 11.9 Å². The molecule has 104 valence electrons. The van der Waals surface area contributed by atoms with Gasteiger partial charge in [-0.3, -0.25) is 4.79 Å². The highest BCUT2D eigenvalue weighted by Gasteiger charge is 2.24. The van der Waals surface area contributed by atoms with Crippen molar-refractivity contribution in [1.29, 1.82) is 0 Å².